The lowest BCUT2D eigenvalue weighted by atomic mass is 9.82. The molecule has 154 valence electrons. The number of nitrogens with one attached hydrogen (secondary N) is 2. The minimum atomic E-state index is -0.254. The smallest absolute Gasteiger partial charge is 0.272 e. The Hall–Kier alpha value is -3.65. The number of hydrogen-bond donors (Lipinski definition) is 2. The van der Waals surface area contributed by atoms with Gasteiger partial charge in [-0.15, -0.1) is 0 Å². The highest BCUT2D eigenvalue weighted by Gasteiger charge is 2.33. The summed E-state index contributed by atoms with van der Waals surface area (Å²) >= 11 is 0. The van der Waals surface area contributed by atoms with E-state index in [1.165, 1.54) is 31.4 Å². The van der Waals surface area contributed by atoms with E-state index in [9.17, 15) is 4.79 Å². The molecule has 4 heterocycles. The standard InChI is InChI=1S/C23H21N7O/c31-23-16-3-1-4-18-19(16)21(27-29-23)20(22-25-13-26-28-22)17(11-24-18)15-7-5-14(6-8-15)12-30-9-2-10-30/h1,3-8,11,13,17,20H,2,9-10,12H2,(H,29,31)(H,25,26,28). The lowest BCUT2D eigenvalue weighted by Gasteiger charge is -2.30. The molecule has 0 radical (unpaired) electrons. The molecule has 2 aromatic carbocycles. The third kappa shape index (κ3) is 3.07. The summed E-state index contributed by atoms with van der Waals surface area (Å²) in [7, 11) is 0. The van der Waals surface area contributed by atoms with E-state index in [-0.39, 0.29) is 17.4 Å². The van der Waals surface area contributed by atoms with Crippen LogP contribution in [0.1, 0.15) is 40.9 Å². The van der Waals surface area contributed by atoms with Crippen LogP contribution < -0.4 is 5.56 Å². The van der Waals surface area contributed by atoms with Crippen LogP contribution in [-0.4, -0.2) is 49.6 Å². The zero-order valence-corrected chi connectivity index (χ0v) is 16.8. The fourth-order valence-electron chi connectivity index (χ4n) is 4.56. The topological polar surface area (TPSA) is 103 Å². The molecular weight excluding hydrogens is 390 g/mol. The van der Waals surface area contributed by atoms with Gasteiger partial charge in [-0.25, -0.2) is 10.1 Å². The van der Waals surface area contributed by atoms with Gasteiger partial charge >= 0.3 is 0 Å². The maximum atomic E-state index is 12.4. The molecule has 2 atom stereocenters. The highest BCUT2D eigenvalue weighted by molar-refractivity contribution is 5.97. The van der Waals surface area contributed by atoms with Gasteiger partial charge in [-0.2, -0.15) is 10.2 Å². The van der Waals surface area contributed by atoms with Crippen molar-refractivity contribution < 1.29 is 0 Å². The summed E-state index contributed by atoms with van der Waals surface area (Å²) in [6.45, 7) is 3.34. The fraction of sp³-hybridized carbons (Fsp3) is 0.261. The molecule has 0 amide bonds. The quantitative estimate of drug-likeness (QED) is 0.538. The zero-order chi connectivity index (χ0) is 20.8. The number of likely N-dealkylation sites (tertiary alicyclic amines) is 1. The van der Waals surface area contributed by atoms with Crippen LogP contribution in [0.2, 0.25) is 0 Å². The molecule has 6 rings (SSSR count). The van der Waals surface area contributed by atoms with Crippen LogP contribution in [0.15, 0.2) is 58.6 Å². The fourth-order valence-corrected chi connectivity index (χ4v) is 4.56. The Balaban J connectivity index is 1.49. The molecule has 2 aliphatic heterocycles. The first kappa shape index (κ1) is 18.1. The summed E-state index contributed by atoms with van der Waals surface area (Å²) in [6, 6.07) is 14.3. The van der Waals surface area contributed by atoms with Gasteiger partial charge in [0.2, 0.25) is 0 Å². The molecule has 31 heavy (non-hydrogen) atoms. The first-order chi connectivity index (χ1) is 15.3. The molecule has 0 saturated carbocycles. The highest BCUT2D eigenvalue weighted by Crippen LogP contribution is 2.42. The number of aromatic nitrogens is 5. The van der Waals surface area contributed by atoms with E-state index in [4.69, 9.17) is 4.99 Å². The molecule has 2 unspecified atom stereocenters. The number of hydrogen-bond acceptors (Lipinski definition) is 6. The van der Waals surface area contributed by atoms with Gasteiger partial charge in [0.25, 0.3) is 5.56 Å². The highest BCUT2D eigenvalue weighted by atomic mass is 16.1. The van der Waals surface area contributed by atoms with E-state index in [2.05, 4.69) is 54.5 Å². The van der Waals surface area contributed by atoms with Crippen molar-refractivity contribution in [1.82, 2.24) is 30.3 Å². The van der Waals surface area contributed by atoms with Gasteiger partial charge < -0.3 is 0 Å². The Kier molecular flexibility index (Phi) is 4.24. The van der Waals surface area contributed by atoms with Crippen molar-refractivity contribution in [3.63, 3.8) is 0 Å². The summed E-state index contributed by atoms with van der Waals surface area (Å²) < 4.78 is 0. The van der Waals surface area contributed by atoms with E-state index in [1.54, 1.807) is 6.07 Å². The van der Waals surface area contributed by atoms with E-state index < -0.39 is 0 Å². The minimum Gasteiger partial charge on any atom is -0.299 e. The molecule has 2 aromatic heterocycles. The van der Waals surface area contributed by atoms with Gasteiger partial charge in [0.15, 0.2) is 0 Å². The van der Waals surface area contributed by atoms with E-state index in [1.807, 2.05) is 18.3 Å². The molecule has 1 saturated heterocycles. The molecule has 8 nitrogen and oxygen atoms in total. The van der Waals surface area contributed by atoms with Crippen LogP contribution in [0.3, 0.4) is 0 Å². The summed E-state index contributed by atoms with van der Waals surface area (Å²) in [4.78, 5) is 24.1. The lowest BCUT2D eigenvalue weighted by Crippen LogP contribution is -2.36. The van der Waals surface area contributed by atoms with Crippen molar-refractivity contribution >= 4 is 22.7 Å². The molecular formula is C23H21N7O. The summed E-state index contributed by atoms with van der Waals surface area (Å²) in [5.41, 5.74) is 3.69. The van der Waals surface area contributed by atoms with E-state index in [0.717, 1.165) is 28.9 Å². The van der Waals surface area contributed by atoms with Gasteiger partial charge in [0.05, 0.1) is 22.7 Å². The predicted octanol–water partition coefficient (Wildman–Crippen LogP) is 2.88. The van der Waals surface area contributed by atoms with Crippen LogP contribution in [0, 0.1) is 0 Å². The Bertz CT molecular complexity index is 1320. The SMILES string of the molecule is O=c1[nH]nc2c3c(cccc13)N=CC(c1ccc(CN3CCC3)cc1)C2c1ncn[nH]1. The average molecular weight is 411 g/mol. The molecule has 2 N–H and O–H groups in total. The van der Waals surface area contributed by atoms with Gasteiger partial charge in [-0.3, -0.25) is 19.8 Å². The molecule has 0 aliphatic carbocycles. The van der Waals surface area contributed by atoms with Crippen LogP contribution in [-0.2, 0) is 6.54 Å². The summed E-state index contributed by atoms with van der Waals surface area (Å²) in [5, 5.41) is 15.6. The van der Waals surface area contributed by atoms with Crippen LogP contribution in [0.25, 0.3) is 10.8 Å². The molecule has 8 heteroatoms. The van der Waals surface area contributed by atoms with Crippen molar-refractivity contribution in [2.45, 2.75) is 24.8 Å². The molecule has 2 aliphatic rings. The zero-order valence-electron chi connectivity index (χ0n) is 16.8. The van der Waals surface area contributed by atoms with Crippen molar-refractivity contribution in [3.05, 3.63) is 81.8 Å². The normalized spacial score (nSPS) is 20.5. The minimum absolute atomic E-state index is 0.111. The Morgan fingerprint density at radius 1 is 1.06 bits per heavy atom. The second-order valence-electron chi connectivity index (χ2n) is 8.16. The average Bonchev–Trinajstić information content (AvgIpc) is 3.24. The van der Waals surface area contributed by atoms with Crippen molar-refractivity contribution in [2.75, 3.05) is 13.1 Å². The first-order valence-corrected chi connectivity index (χ1v) is 10.5. The summed E-state index contributed by atoms with van der Waals surface area (Å²) in [5.74, 6) is 0.328. The van der Waals surface area contributed by atoms with E-state index >= 15 is 0 Å². The van der Waals surface area contributed by atoms with Crippen LogP contribution >= 0.6 is 0 Å². The van der Waals surface area contributed by atoms with Crippen LogP contribution in [0.5, 0.6) is 0 Å². The Labute approximate surface area is 178 Å². The number of aliphatic imine (C=N–C) groups is 1. The lowest BCUT2D eigenvalue weighted by molar-refractivity contribution is 0.172. The van der Waals surface area contributed by atoms with Crippen molar-refractivity contribution in [2.24, 2.45) is 4.99 Å². The third-order valence-corrected chi connectivity index (χ3v) is 6.30. The number of H-pyrrole nitrogens is 2. The number of benzene rings is 2. The number of aromatic amines is 2. The second kappa shape index (κ2) is 7.24. The largest absolute Gasteiger partial charge is 0.299 e. The second-order valence-corrected chi connectivity index (χ2v) is 8.16. The summed E-state index contributed by atoms with van der Waals surface area (Å²) in [6.07, 6.45) is 4.73. The van der Waals surface area contributed by atoms with Gasteiger partial charge in [0.1, 0.15) is 12.2 Å². The monoisotopic (exact) mass is 411 g/mol. The number of nitrogens with zero attached hydrogens (tertiary/aromatic N) is 5. The third-order valence-electron chi connectivity index (χ3n) is 6.30. The van der Waals surface area contributed by atoms with Crippen molar-refractivity contribution in [3.8, 4) is 0 Å². The molecule has 0 bridgehead atoms. The predicted molar refractivity (Wildman–Crippen MR) is 118 cm³/mol. The van der Waals surface area contributed by atoms with Crippen molar-refractivity contribution in [1.29, 1.82) is 0 Å². The maximum absolute atomic E-state index is 12.4. The Morgan fingerprint density at radius 2 is 1.94 bits per heavy atom. The maximum Gasteiger partial charge on any atom is 0.272 e. The molecule has 0 spiro atoms. The van der Waals surface area contributed by atoms with Crippen LogP contribution in [0.4, 0.5) is 5.69 Å². The molecule has 4 aromatic rings. The number of rotatable bonds is 4. The van der Waals surface area contributed by atoms with Gasteiger partial charge in [-0.05, 0) is 42.8 Å². The first-order valence-electron chi connectivity index (χ1n) is 10.5. The molecule has 1 fully saturated rings. The Morgan fingerprint density at radius 3 is 2.68 bits per heavy atom. The van der Waals surface area contributed by atoms with Gasteiger partial charge in [0, 0.05) is 24.1 Å². The van der Waals surface area contributed by atoms with Gasteiger partial charge in [-0.1, -0.05) is 30.3 Å². The van der Waals surface area contributed by atoms with E-state index in [0.29, 0.717) is 11.2 Å².